The van der Waals surface area contributed by atoms with Crippen LogP contribution in [-0.4, -0.2) is 37.7 Å². The Kier molecular flexibility index (Phi) is 8.72. The van der Waals surface area contributed by atoms with Gasteiger partial charge in [-0.25, -0.2) is 4.39 Å². The minimum atomic E-state index is -0.245. The van der Waals surface area contributed by atoms with Crippen LogP contribution in [0.1, 0.15) is 32.8 Å². The minimum Gasteiger partial charge on any atom is -0.463 e. The number of nitrogens with one attached hydrogen (secondary N) is 2. The van der Waals surface area contributed by atoms with E-state index in [1.165, 1.54) is 12.1 Å². The standard InChI is InChI=1S/C17H26FN3O2/c1-4-19-17(21-12-10-16(22)23-13(2)3)20-11-9-14-5-7-15(18)8-6-14/h5-8,13H,4,9-12H2,1-3H3,(H2,19,20,21). The van der Waals surface area contributed by atoms with E-state index in [1.54, 1.807) is 12.1 Å². The third-order valence-electron chi connectivity index (χ3n) is 2.92. The second-order valence-corrected chi connectivity index (χ2v) is 5.35. The van der Waals surface area contributed by atoms with Gasteiger partial charge in [-0.3, -0.25) is 9.79 Å². The number of benzene rings is 1. The SMILES string of the molecule is CCNC(=NCCC(=O)OC(C)C)NCCc1ccc(F)cc1. The van der Waals surface area contributed by atoms with E-state index in [0.717, 1.165) is 18.5 Å². The molecule has 2 N–H and O–H groups in total. The molecule has 0 aromatic heterocycles. The monoisotopic (exact) mass is 323 g/mol. The van der Waals surface area contributed by atoms with Crippen LogP contribution in [0.15, 0.2) is 29.3 Å². The molecule has 23 heavy (non-hydrogen) atoms. The molecular weight excluding hydrogens is 297 g/mol. The van der Waals surface area contributed by atoms with Gasteiger partial charge in [0.25, 0.3) is 0 Å². The molecule has 1 aromatic rings. The molecule has 0 bridgehead atoms. The van der Waals surface area contributed by atoms with Crippen LogP contribution >= 0.6 is 0 Å². The van der Waals surface area contributed by atoms with Crippen LogP contribution in [-0.2, 0) is 16.0 Å². The van der Waals surface area contributed by atoms with Gasteiger partial charge in [0.05, 0.1) is 19.1 Å². The number of guanidine groups is 1. The van der Waals surface area contributed by atoms with Crippen molar-refractivity contribution in [2.45, 2.75) is 39.7 Å². The number of rotatable bonds is 8. The molecule has 1 aromatic carbocycles. The van der Waals surface area contributed by atoms with Crippen LogP contribution in [0.4, 0.5) is 4.39 Å². The molecular formula is C17H26FN3O2. The second kappa shape index (κ2) is 10.6. The molecule has 0 fully saturated rings. The summed E-state index contributed by atoms with van der Waals surface area (Å²) in [6.45, 7) is 7.40. The Hall–Kier alpha value is -2.11. The minimum absolute atomic E-state index is 0.103. The van der Waals surface area contributed by atoms with Crippen molar-refractivity contribution >= 4 is 11.9 Å². The topological polar surface area (TPSA) is 62.7 Å². The van der Waals surface area contributed by atoms with E-state index in [2.05, 4.69) is 15.6 Å². The fraction of sp³-hybridized carbons (Fsp3) is 0.529. The molecule has 0 unspecified atom stereocenters. The van der Waals surface area contributed by atoms with Crippen LogP contribution in [0.3, 0.4) is 0 Å². The van der Waals surface area contributed by atoms with Crippen LogP contribution in [0, 0.1) is 5.82 Å². The third kappa shape index (κ3) is 8.80. The molecule has 0 aliphatic rings. The van der Waals surface area contributed by atoms with Crippen molar-refractivity contribution in [1.29, 1.82) is 0 Å². The quantitative estimate of drug-likeness (QED) is 0.438. The Bertz CT molecular complexity index is 501. The molecule has 6 heteroatoms. The summed E-state index contributed by atoms with van der Waals surface area (Å²) in [5.74, 6) is 0.183. The van der Waals surface area contributed by atoms with Gasteiger partial charge < -0.3 is 15.4 Å². The van der Waals surface area contributed by atoms with E-state index in [-0.39, 0.29) is 24.3 Å². The Balaban J connectivity index is 2.36. The zero-order valence-electron chi connectivity index (χ0n) is 14.1. The summed E-state index contributed by atoms with van der Waals surface area (Å²) < 4.78 is 17.9. The van der Waals surface area contributed by atoms with E-state index < -0.39 is 0 Å². The average molecular weight is 323 g/mol. The molecule has 0 heterocycles. The zero-order chi connectivity index (χ0) is 17.1. The highest BCUT2D eigenvalue weighted by Crippen LogP contribution is 2.02. The number of ether oxygens (including phenoxy) is 1. The lowest BCUT2D eigenvalue weighted by Crippen LogP contribution is -2.38. The first-order valence-electron chi connectivity index (χ1n) is 7.97. The highest BCUT2D eigenvalue weighted by atomic mass is 19.1. The van der Waals surface area contributed by atoms with Gasteiger partial charge >= 0.3 is 5.97 Å². The Morgan fingerprint density at radius 3 is 2.57 bits per heavy atom. The first-order chi connectivity index (χ1) is 11.0. The van der Waals surface area contributed by atoms with Crippen molar-refractivity contribution in [1.82, 2.24) is 10.6 Å². The normalized spacial score (nSPS) is 11.4. The van der Waals surface area contributed by atoms with Crippen molar-refractivity contribution < 1.29 is 13.9 Å². The van der Waals surface area contributed by atoms with E-state index in [9.17, 15) is 9.18 Å². The first-order valence-corrected chi connectivity index (χ1v) is 7.97. The molecule has 0 atom stereocenters. The molecule has 0 saturated heterocycles. The molecule has 0 aliphatic carbocycles. The number of carbonyl (C=O) groups is 1. The van der Waals surface area contributed by atoms with Crippen molar-refractivity contribution in [2.75, 3.05) is 19.6 Å². The number of aliphatic imine (C=N–C) groups is 1. The predicted molar refractivity (Wildman–Crippen MR) is 89.9 cm³/mol. The molecule has 1 rings (SSSR count). The van der Waals surface area contributed by atoms with Gasteiger partial charge in [-0.05, 0) is 44.9 Å². The number of esters is 1. The van der Waals surface area contributed by atoms with Crippen LogP contribution in [0.5, 0.6) is 0 Å². The molecule has 128 valence electrons. The molecule has 0 aliphatic heterocycles. The van der Waals surface area contributed by atoms with E-state index in [0.29, 0.717) is 19.0 Å². The van der Waals surface area contributed by atoms with Gasteiger partial charge in [0, 0.05) is 13.1 Å². The van der Waals surface area contributed by atoms with E-state index in [1.807, 2.05) is 20.8 Å². The largest absolute Gasteiger partial charge is 0.463 e. The van der Waals surface area contributed by atoms with Gasteiger partial charge in [-0.1, -0.05) is 12.1 Å². The van der Waals surface area contributed by atoms with Crippen LogP contribution in [0.2, 0.25) is 0 Å². The van der Waals surface area contributed by atoms with E-state index >= 15 is 0 Å². The molecule has 0 radical (unpaired) electrons. The maximum atomic E-state index is 12.8. The maximum Gasteiger partial charge on any atom is 0.307 e. The highest BCUT2D eigenvalue weighted by Gasteiger charge is 2.05. The first kappa shape index (κ1) is 18.9. The van der Waals surface area contributed by atoms with Crippen molar-refractivity contribution in [2.24, 2.45) is 4.99 Å². The van der Waals surface area contributed by atoms with Crippen molar-refractivity contribution in [3.8, 4) is 0 Å². The summed E-state index contributed by atoms with van der Waals surface area (Å²) in [4.78, 5) is 15.8. The smallest absolute Gasteiger partial charge is 0.307 e. The van der Waals surface area contributed by atoms with Crippen molar-refractivity contribution in [3.05, 3.63) is 35.6 Å². The highest BCUT2D eigenvalue weighted by molar-refractivity contribution is 5.80. The predicted octanol–water partition coefficient (Wildman–Crippen LogP) is 2.26. The molecule has 0 saturated carbocycles. The Morgan fingerprint density at radius 2 is 1.96 bits per heavy atom. The molecule has 0 spiro atoms. The van der Waals surface area contributed by atoms with Crippen molar-refractivity contribution in [3.63, 3.8) is 0 Å². The lowest BCUT2D eigenvalue weighted by Gasteiger charge is -2.11. The van der Waals surface area contributed by atoms with Crippen LogP contribution in [0.25, 0.3) is 0 Å². The second-order valence-electron chi connectivity index (χ2n) is 5.35. The number of hydrogen-bond acceptors (Lipinski definition) is 3. The van der Waals surface area contributed by atoms with E-state index in [4.69, 9.17) is 4.74 Å². The summed E-state index contributed by atoms with van der Waals surface area (Å²) in [6, 6.07) is 6.44. The lowest BCUT2D eigenvalue weighted by atomic mass is 10.1. The lowest BCUT2D eigenvalue weighted by molar-refractivity contribution is -0.147. The number of halogens is 1. The fourth-order valence-electron chi connectivity index (χ4n) is 1.90. The molecule has 0 amide bonds. The van der Waals surface area contributed by atoms with Crippen LogP contribution < -0.4 is 10.6 Å². The van der Waals surface area contributed by atoms with Gasteiger partial charge in [-0.15, -0.1) is 0 Å². The summed E-state index contributed by atoms with van der Waals surface area (Å²) in [6.07, 6.45) is 0.917. The average Bonchev–Trinajstić information content (AvgIpc) is 2.48. The molecule has 5 nitrogen and oxygen atoms in total. The Labute approximate surface area is 137 Å². The number of hydrogen-bond donors (Lipinski definition) is 2. The summed E-state index contributed by atoms with van der Waals surface area (Å²) in [5.41, 5.74) is 1.05. The summed E-state index contributed by atoms with van der Waals surface area (Å²) >= 11 is 0. The fourth-order valence-corrected chi connectivity index (χ4v) is 1.90. The number of nitrogens with zero attached hydrogens (tertiary/aromatic N) is 1. The maximum absolute atomic E-state index is 12.8. The van der Waals surface area contributed by atoms with Gasteiger partial charge in [0.15, 0.2) is 5.96 Å². The zero-order valence-corrected chi connectivity index (χ0v) is 14.1. The summed E-state index contributed by atoms with van der Waals surface area (Å²) in [5, 5.41) is 6.31. The Morgan fingerprint density at radius 1 is 1.26 bits per heavy atom. The van der Waals surface area contributed by atoms with Gasteiger partial charge in [-0.2, -0.15) is 0 Å². The number of carbonyl (C=O) groups excluding carboxylic acids is 1. The van der Waals surface area contributed by atoms with Gasteiger partial charge in [0.2, 0.25) is 0 Å². The summed E-state index contributed by atoms with van der Waals surface area (Å²) in [7, 11) is 0. The third-order valence-corrected chi connectivity index (χ3v) is 2.92. The van der Waals surface area contributed by atoms with Gasteiger partial charge in [0.1, 0.15) is 5.82 Å².